The minimum Gasteiger partial charge on any atom is -0.401 e. The normalized spacial score (nSPS) is 12.0. The van der Waals surface area contributed by atoms with Crippen LogP contribution >= 0.6 is 32.0 Å². The molecular weight excluding hydrogens is 826 g/mol. The Hall–Kier alpha value is -3.68. The number of carbonyl (C=O) groups excluding carboxylic acids is 4. The smallest absolute Gasteiger partial charge is 0.227 e. The lowest BCUT2D eigenvalue weighted by Gasteiger charge is -2.30. The molecule has 12 N–H and O–H groups in total. The predicted molar refractivity (Wildman–Crippen MR) is 272 cm³/mol. The molecule has 3 rings (SSSR count). The average Bonchev–Trinajstić information content (AvgIpc) is 3.16. The molecule has 12 nitrogen and oxygen atoms in total. The number of nitrogens with one attached hydrogen (secondary N) is 2. The van der Waals surface area contributed by atoms with Crippen molar-refractivity contribution < 1.29 is 23.7 Å². The number of allylic oxidation sites excluding steroid dienone is 1. The third-order valence-corrected chi connectivity index (χ3v) is 10.2. The van der Waals surface area contributed by atoms with Crippen LogP contribution in [0.15, 0.2) is 60.4 Å². The first-order valence-corrected chi connectivity index (χ1v) is 23.5. The van der Waals surface area contributed by atoms with E-state index in [9.17, 15) is 19.2 Å². The number of rotatable bonds is 21. The van der Waals surface area contributed by atoms with Crippen LogP contribution in [-0.4, -0.2) is 60.6 Å². The number of nitrogens with zero attached hydrogens (tertiary/aromatic N) is 1. The molecule has 0 fully saturated rings. The summed E-state index contributed by atoms with van der Waals surface area (Å²) in [6.45, 7) is 10.6. The number of anilines is 1. The van der Waals surface area contributed by atoms with Gasteiger partial charge in [-0.3, -0.25) is 9.36 Å². The Morgan fingerprint density at radius 2 is 1.23 bits per heavy atom. The molecule has 1 amide bonds. The molecule has 2 aromatic rings. The molecular formula is C46H86N7O5PS2. The standard InChI is InChI=1S/C28H35N3O3.C11H22N2O.C3H8S2.CH3OP.3CH4.2H3N/c1-20(32)11-3-8-17-26(34)31-19-22-13-4-5-14-23(22)27(29)28(24-15-6-7-16-25(24)31)30-18-10-9-12-21(2)33;1-3-4-5-8-13-9-11(12)7-6-10(2)14;1-4-3-5-2;1-3-2;;;;;/h4-7,13-16,30H,3,8-12,17-19,29H2,1-2H3;9,13H,3-8,12H2,1-2H3;3H2,1-2H3;1H3;3*1H4;2*1H3/b28-27-;11-9-;;;;;;;. The van der Waals surface area contributed by atoms with Crippen molar-refractivity contribution in [2.45, 2.75) is 134 Å². The summed E-state index contributed by atoms with van der Waals surface area (Å²) in [5, 5.41) is 7.87. The molecule has 0 atom stereocenters. The Morgan fingerprint density at radius 3 is 1.75 bits per heavy atom. The van der Waals surface area contributed by atoms with Crippen LogP contribution < -0.4 is 39.3 Å². The molecule has 0 aromatic heterocycles. The lowest BCUT2D eigenvalue weighted by molar-refractivity contribution is -0.120. The molecule has 1 heterocycles. The van der Waals surface area contributed by atoms with Gasteiger partial charge >= 0.3 is 0 Å². The van der Waals surface area contributed by atoms with Gasteiger partial charge in [0, 0.05) is 73.5 Å². The number of hydrogen-bond acceptors (Lipinski definition) is 13. The van der Waals surface area contributed by atoms with Crippen molar-refractivity contribution in [3.63, 3.8) is 0 Å². The van der Waals surface area contributed by atoms with Crippen molar-refractivity contribution in [1.82, 2.24) is 22.9 Å². The van der Waals surface area contributed by atoms with Crippen molar-refractivity contribution in [2.24, 2.45) is 11.5 Å². The molecule has 1 aliphatic heterocycles. The fourth-order valence-electron chi connectivity index (χ4n) is 5.48. The molecule has 0 spiro atoms. The fraction of sp³-hybridized carbons (Fsp3) is 0.565. The second kappa shape index (κ2) is 44.4. The van der Waals surface area contributed by atoms with E-state index in [1.54, 1.807) is 27.4 Å². The van der Waals surface area contributed by atoms with E-state index in [4.69, 9.17) is 16.0 Å². The van der Waals surface area contributed by atoms with Crippen molar-refractivity contribution in [1.29, 1.82) is 0 Å². The van der Waals surface area contributed by atoms with Crippen LogP contribution in [0.3, 0.4) is 0 Å². The topological polar surface area (TPSA) is 235 Å². The summed E-state index contributed by atoms with van der Waals surface area (Å²) in [4.78, 5) is 48.4. The highest BCUT2D eigenvalue weighted by molar-refractivity contribution is 8.15. The quantitative estimate of drug-likeness (QED) is 0.0389. The lowest BCUT2D eigenvalue weighted by atomic mass is 9.95. The van der Waals surface area contributed by atoms with Gasteiger partial charge in [-0.05, 0) is 83.4 Å². The molecule has 0 saturated carbocycles. The molecule has 0 aliphatic carbocycles. The maximum Gasteiger partial charge on any atom is 0.227 e. The van der Waals surface area contributed by atoms with E-state index in [-0.39, 0.29) is 66.3 Å². The minimum absolute atomic E-state index is 0. The Balaban J connectivity index is -0.000000236. The fourth-order valence-corrected chi connectivity index (χ4v) is 6.42. The van der Waals surface area contributed by atoms with E-state index in [2.05, 4.69) is 30.1 Å². The molecule has 15 heteroatoms. The third kappa shape index (κ3) is 32.7. The number of hydrogen-bond donors (Lipinski definition) is 6. The number of para-hydroxylation sites is 1. The first kappa shape index (κ1) is 69.0. The number of carbonyl (C=O) groups is 4. The van der Waals surface area contributed by atoms with Gasteiger partial charge < -0.3 is 53.7 Å². The molecule has 0 bridgehead atoms. The zero-order chi connectivity index (χ0) is 42.1. The van der Waals surface area contributed by atoms with E-state index in [1.165, 1.54) is 24.3 Å². The van der Waals surface area contributed by atoms with Crippen molar-refractivity contribution in [2.75, 3.05) is 42.3 Å². The van der Waals surface area contributed by atoms with Crippen LogP contribution in [0.4, 0.5) is 5.69 Å². The number of fused-ring (bicyclic) bond motifs is 2. The maximum atomic E-state index is 13.4. The van der Waals surface area contributed by atoms with Crippen LogP contribution in [0.2, 0.25) is 0 Å². The monoisotopic (exact) mass is 912 g/mol. The van der Waals surface area contributed by atoms with Gasteiger partial charge in [0.2, 0.25) is 5.91 Å². The average molecular weight is 912 g/mol. The molecule has 352 valence electrons. The highest BCUT2D eigenvalue weighted by Crippen LogP contribution is 2.35. The van der Waals surface area contributed by atoms with Crippen LogP contribution in [0.25, 0.3) is 11.4 Å². The third-order valence-electron chi connectivity index (χ3n) is 8.31. The Morgan fingerprint density at radius 1 is 0.738 bits per heavy atom. The Bertz CT molecular complexity index is 1540. The van der Waals surface area contributed by atoms with Crippen LogP contribution in [0.5, 0.6) is 0 Å². The van der Waals surface area contributed by atoms with E-state index in [0.29, 0.717) is 63.7 Å². The number of amides is 1. The lowest BCUT2D eigenvalue weighted by Crippen LogP contribution is -2.33. The van der Waals surface area contributed by atoms with E-state index < -0.39 is 0 Å². The largest absolute Gasteiger partial charge is 0.401 e. The SMILES string of the molecule is C.C.C.CC(=O)CCCCN/C1=C(\N)c2ccccc2CN(C(=O)CCCCC(C)=O)c2ccccc21.CCCCCN/C=C(\N)CCC(C)=O.CP=O.CSCSC.N.N. The molecule has 1 aliphatic rings. The summed E-state index contributed by atoms with van der Waals surface area (Å²) in [5.74, 6) is 0.568. The van der Waals surface area contributed by atoms with Gasteiger partial charge in [0.25, 0.3) is 0 Å². The number of Topliss-reactive ketones (excluding diaryl/α,β-unsaturated/α-hetero) is 3. The van der Waals surface area contributed by atoms with Gasteiger partial charge in [-0.25, -0.2) is 0 Å². The van der Waals surface area contributed by atoms with E-state index >= 15 is 0 Å². The van der Waals surface area contributed by atoms with Crippen LogP contribution in [-0.2, 0) is 30.3 Å². The minimum atomic E-state index is 0. The number of ketones is 3. The Kier molecular flexibility index (Phi) is 50.2. The zero-order valence-corrected chi connectivity index (χ0v) is 38.9. The summed E-state index contributed by atoms with van der Waals surface area (Å²) >= 11 is 3.73. The van der Waals surface area contributed by atoms with Gasteiger partial charge in [0.15, 0.2) is 8.46 Å². The van der Waals surface area contributed by atoms with Crippen molar-refractivity contribution in [3.05, 3.63) is 77.1 Å². The van der Waals surface area contributed by atoms with Gasteiger partial charge in [-0.15, -0.1) is 0 Å². The van der Waals surface area contributed by atoms with Crippen molar-refractivity contribution >= 4 is 72.3 Å². The number of benzene rings is 2. The van der Waals surface area contributed by atoms with E-state index in [1.807, 2.05) is 83.2 Å². The molecule has 0 saturated heterocycles. The number of nitrogens with two attached hydrogens (primary N) is 2. The first-order valence-electron chi connectivity index (χ1n) is 19.4. The van der Waals surface area contributed by atoms with Gasteiger partial charge in [-0.1, -0.05) is 84.5 Å². The Labute approximate surface area is 381 Å². The van der Waals surface area contributed by atoms with Gasteiger partial charge in [0.05, 0.1) is 23.6 Å². The molecule has 61 heavy (non-hydrogen) atoms. The number of unbranched alkanes of at least 4 members (excludes halogenated alkanes) is 4. The van der Waals surface area contributed by atoms with Gasteiger partial charge in [-0.2, -0.15) is 23.5 Å². The molecule has 0 radical (unpaired) electrons. The molecule has 0 unspecified atom stereocenters. The number of thioether (sulfide) groups is 2. The molecule has 2 aromatic carbocycles. The summed E-state index contributed by atoms with van der Waals surface area (Å²) in [6.07, 6.45) is 15.4. The second-order valence-electron chi connectivity index (χ2n) is 13.4. The van der Waals surface area contributed by atoms with Gasteiger partial charge in [0.1, 0.15) is 17.3 Å². The summed E-state index contributed by atoms with van der Waals surface area (Å²) in [6, 6.07) is 15.8. The predicted octanol–water partition coefficient (Wildman–Crippen LogP) is 11.6. The first-order chi connectivity index (χ1) is 26.9. The highest BCUT2D eigenvalue weighted by Gasteiger charge is 2.26. The van der Waals surface area contributed by atoms with Crippen LogP contribution in [0, 0.1) is 0 Å². The summed E-state index contributed by atoms with van der Waals surface area (Å²) in [7, 11) is 0.167. The highest BCUT2D eigenvalue weighted by atomic mass is 32.2. The van der Waals surface area contributed by atoms with Crippen LogP contribution in [0.1, 0.15) is 144 Å². The second-order valence-corrected chi connectivity index (χ2v) is 15.9. The maximum absolute atomic E-state index is 13.4. The summed E-state index contributed by atoms with van der Waals surface area (Å²) < 4.78 is 8.90. The summed E-state index contributed by atoms with van der Waals surface area (Å²) in [5.41, 5.74) is 18.2. The van der Waals surface area contributed by atoms with Crippen molar-refractivity contribution in [3.8, 4) is 0 Å². The van der Waals surface area contributed by atoms with E-state index in [0.717, 1.165) is 53.2 Å². The zero-order valence-electron chi connectivity index (χ0n) is 36.3.